The van der Waals surface area contributed by atoms with Gasteiger partial charge in [-0.25, -0.2) is 9.78 Å². The van der Waals surface area contributed by atoms with E-state index in [2.05, 4.69) is 36.4 Å². The van der Waals surface area contributed by atoms with E-state index in [1.165, 1.54) is 23.4 Å². The summed E-state index contributed by atoms with van der Waals surface area (Å²) in [4.78, 5) is 18.0. The summed E-state index contributed by atoms with van der Waals surface area (Å²) in [5.74, 6) is 0. The smallest absolute Gasteiger partial charge is 0.315 e. The lowest BCUT2D eigenvalue weighted by Crippen LogP contribution is -2.45. The van der Waals surface area contributed by atoms with Crippen LogP contribution in [0.1, 0.15) is 55.6 Å². The van der Waals surface area contributed by atoms with Gasteiger partial charge in [0.2, 0.25) is 0 Å². The van der Waals surface area contributed by atoms with Crippen molar-refractivity contribution < 1.29 is 9.90 Å². The number of thiazole rings is 1. The molecule has 1 unspecified atom stereocenters. The number of fused-ring (bicyclic) bond motifs is 1. The first kappa shape index (κ1) is 18.2. The lowest BCUT2D eigenvalue weighted by atomic mass is 9.88. The Kier molecular flexibility index (Phi) is 6.41. The zero-order valence-electron chi connectivity index (χ0n) is 14.4. The Morgan fingerprint density at radius 3 is 2.74 bits per heavy atom. The van der Waals surface area contributed by atoms with E-state index in [-0.39, 0.29) is 24.1 Å². The van der Waals surface area contributed by atoms with Gasteiger partial charge in [0.05, 0.1) is 23.4 Å². The second-order valence-electron chi connectivity index (χ2n) is 7.48. The zero-order chi connectivity index (χ0) is 16.9. The summed E-state index contributed by atoms with van der Waals surface area (Å²) >= 11 is 1.79. The molecule has 0 radical (unpaired) electrons. The molecule has 1 atom stereocenters. The third-order valence-corrected chi connectivity index (χ3v) is 5.15. The largest absolute Gasteiger partial charge is 0.394 e. The molecule has 1 heterocycles. The Bertz CT molecular complexity index is 499. The van der Waals surface area contributed by atoms with Crippen LogP contribution in [0, 0.1) is 5.41 Å². The minimum atomic E-state index is -0.213. The highest BCUT2D eigenvalue weighted by Gasteiger charge is 2.20. The van der Waals surface area contributed by atoms with Crippen molar-refractivity contribution in [2.24, 2.45) is 5.41 Å². The molecule has 0 fully saturated rings. The molecule has 1 aliphatic carbocycles. The summed E-state index contributed by atoms with van der Waals surface area (Å²) in [7, 11) is 0. The van der Waals surface area contributed by atoms with Crippen molar-refractivity contribution in [3.05, 3.63) is 15.6 Å². The lowest BCUT2D eigenvalue weighted by molar-refractivity contribution is 0.191. The summed E-state index contributed by atoms with van der Waals surface area (Å²) in [6.07, 6.45) is 6.29. The Morgan fingerprint density at radius 1 is 1.35 bits per heavy atom. The van der Waals surface area contributed by atoms with Crippen LogP contribution in [0.2, 0.25) is 0 Å². The highest BCUT2D eigenvalue weighted by atomic mass is 32.1. The molecule has 0 aliphatic heterocycles. The van der Waals surface area contributed by atoms with E-state index in [0.29, 0.717) is 6.54 Å². The average molecular weight is 340 g/mol. The molecule has 1 aliphatic rings. The van der Waals surface area contributed by atoms with Crippen LogP contribution in [0.5, 0.6) is 0 Å². The minimum absolute atomic E-state index is 0.0378. The SMILES string of the molecule is CC(C)(C)CC(CO)NC(=O)NCCc1nc2c(s1)CCCC2. The Morgan fingerprint density at radius 2 is 2.09 bits per heavy atom. The molecule has 2 amide bonds. The maximum atomic E-state index is 11.9. The second kappa shape index (κ2) is 8.11. The van der Waals surface area contributed by atoms with Crippen LogP contribution in [-0.2, 0) is 19.3 Å². The van der Waals surface area contributed by atoms with Crippen molar-refractivity contribution >= 4 is 17.4 Å². The number of aromatic nitrogens is 1. The van der Waals surface area contributed by atoms with Gasteiger partial charge in [0.1, 0.15) is 0 Å². The van der Waals surface area contributed by atoms with Gasteiger partial charge in [-0.05, 0) is 37.5 Å². The van der Waals surface area contributed by atoms with E-state index in [1.807, 2.05) is 0 Å². The predicted octanol–water partition coefficient (Wildman–Crippen LogP) is 2.66. The van der Waals surface area contributed by atoms with Crippen molar-refractivity contribution in [2.75, 3.05) is 13.2 Å². The van der Waals surface area contributed by atoms with E-state index in [9.17, 15) is 9.90 Å². The van der Waals surface area contributed by atoms with E-state index in [0.717, 1.165) is 30.7 Å². The number of nitrogens with one attached hydrogen (secondary N) is 2. The number of hydrogen-bond donors (Lipinski definition) is 3. The van der Waals surface area contributed by atoms with Crippen LogP contribution >= 0.6 is 11.3 Å². The first-order valence-electron chi connectivity index (χ1n) is 8.50. The molecular formula is C17H29N3O2S. The minimum Gasteiger partial charge on any atom is -0.394 e. The van der Waals surface area contributed by atoms with Crippen LogP contribution < -0.4 is 10.6 Å². The molecule has 130 valence electrons. The summed E-state index contributed by atoms with van der Waals surface area (Å²) in [6.45, 7) is 6.83. The van der Waals surface area contributed by atoms with E-state index < -0.39 is 0 Å². The number of rotatable bonds is 6. The number of nitrogens with zero attached hydrogens (tertiary/aromatic N) is 1. The van der Waals surface area contributed by atoms with Gasteiger partial charge in [0.15, 0.2) is 0 Å². The summed E-state index contributed by atoms with van der Waals surface area (Å²) in [5.41, 5.74) is 1.34. The molecule has 0 aromatic carbocycles. The highest BCUT2D eigenvalue weighted by Crippen LogP contribution is 2.26. The number of aliphatic hydroxyl groups is 1. The van der Waals surface area contributed by atoms with Crippen LogP contribution in [0.25, 0.3) is 0 Å². The third kappa shape index (κ3) is 6.11. The van der Waals surface area contributed by atoms with Gasteiger partial charge in [-0.1, -0.05) is 20.8 Å². The van der Waals surface area contributed by atoms with Crippen molar-refractivity contribution in [1.29, 1.82) is 0 Å². The maximum absolute atomic E-state index is 11.9. The van der Waals surface area contributed by atoms with Gasteiger partial charge in [-0.15, -0.1) is 11.3 Å². The van der Waals surface area contributed by atoms with Crippen molar-refractivity contribution in [3.8, 4) is 0 Å². The first-order valence-corrected chi connectivity index (χ1v) is 9.32. The quantitative estimate of drug-likeness (QED) is 0.746. The van der Waals surface area contributed by atoms with Crippen molar-refractivity contribution in [1.82, 2.24) is 15.6 Å². The molecule has 23 heavy (non-hydrogen) atoms. The number of aryl methyl sites for hydroxylation is 2. The number of carbonyl (C=O) groups is 1. The zero-order valence-corrected chi connectivity index (χ0v) is 15.3. The van der Waals surface area contributed by atoms with Crippen LogP contribution in [0.4, 0.5) is 4.79 Å². The van der Waals surface area contributed by atoms with Gasteiger partial charge in [-0.2, -0.15) is 0 Å². The molecule has 5 nitrogen and oxygen atoms in total. The number of amides is 2. The monoisotopic (exact) mass is 339 g/mol. The Hall–Kier alpha value is -1.14. The van der Waals surface area contributed by atoms with Crippen LogP contribution in [-0.4, -0.2) is 35.3 Å². The Balaban J connectivity index is 1.72. The van der Waals surface area contributed by atoms with E-state index in [4.69, 9.17) is 0 Å². The topological polar surface area (TPSA) is 74.2 Å². The Labute approximate surface area is 142 Å². The molecule has 0 bridgehead atoms. The van der Waals surface area contributed by atoms with Gasteiger partial charge in [-0.3, -0.25) is 0 Å². The van der Waals surface area contributed by atoms with E-state index >= 15 is 0 Å². The fourth-order valence-corrected chi connectivity index (χ4v) is 4.09. The fourth-order valence-electron chi connectivity index (χ4n) is 2.93. The standard InChI is InChI=1S/C17H29N3O2S/c1-17(2,3)10-12(11-21)19-16(22)18-9-8-15-20-13-6-4-5-7-14(13)23-15/h12,21H,4-11H2,1-3H3,(H2,18,19,22). The van der Waals surface area contributed by atoms with Gasteiger partial charge in [0, 0.05) is 17.8 Å². The number of urea groups is 1. The number of hydrogen-bond acceptors (Lipinski definition) is 4. The third-order valence-electron chi connectivity index (χ3n) is 3.93. The summed E-state index contributed by atoms with van der Waals surface area (Å²) in [6, 6.07) is -0.420. The molecular weight excluding hydrogens is 310 g/mol. The summed E-state index contributed by atoms with van der Waals surface area (Å²) in [5, 5.41) is 16.2. The van der Waals surface area contributed by atoms with Crippen LogP contribution in [0.3, 0.4) is 0 Å². The molecule has 0 saturated heterocycles. The number of aliphatic hydroxyl groups excluding tert-OH is 1. The van der Waals surface area contributed by atoms with Gasteiger partial charge < -0.3 is 15.7 Å². The number of carbonyl (C=O) groups excluding carboxylic acids is 1. The average Bonchev–Trinajstić information content (AvgIpc) is 2.87. The predicted molar refractivity (Wildman–Crippen MR) is 93.9 cm³/mol. The van der Waals surface area contributed by atoms with Crippen molar-refractivity contribution in [2.45, 2.75) is 65.3 Å². The van der Waals surface area contributed by atoms with Gasteiger partial charge in [0.25, 0.3) is 0 Å². The van der Waals surface area contributed by atoms with E-state index in [1.54, 1.807) is 11.3 Å². The normalized spacial score (nSPS) is 15.8. The molecule has 6 heteroatoms. The lowest BCUT2D eigenvalue weighted by Gasteiger charge is -2.25. The molecule has 1 aromatic heterocycles. The fraction of sp³-hybridized carbons (Fsp3) is 0.765. The highest BCUT2D eigenvalue weighted by molar-refractivity contribution is 7.11. The molecule has 2 rings (SSSR count). The van der Waals surface area contributed by atoms with Gasteiger partial charge >= 0.3 is 6.03 Å². The molecule has 3 N–H and O–H groups in total. The first-order chi connectivity index (χ1) is 10.9. The molecule has 0 spiro atoms. The summed E-state index contributed by atoms with van der Waals surface area (Å²) < 4.78 is 0. The van der Waals surface area contributed by atoms with Crippen molar-refractivity contribution in [3.63, 3.8) is 0 Å². The molecule has 1 aromatic rings. The molecule has 0 saturated carbocycles. The van der Waals surface area contributed by atoms with Crippen LogP contribution in [0.15, 0.2) is 0 Å². The second-order valence-corrected chi connectivity index (χ2v) is 8.65. The maximum Gasteiger partial charge on any atom is 0.315 e.